The van der Waals surface area contributed by atoms with Gasteiger partial charge < -0.3 is 9.15 Å². The fraction of sp³-hybridized carbons (Fsp3) is 0.261. The summed E-state index contributed by atoms with van der Waals surface area (Å²) in [5, 5.41) is 11.4. The first-order chi connectivity index (χ1) is 16.6. The number of anilines is 1. The molecule has 0 fully saturated rings. The van der Waals surface area contributed by atoms with Crippen LogP contribution in [-0.2, 0) is 19.4 Å². The van der Waals surface area contributed by atoms with Gasteiger partial charge in [0.25, 0.3) is 11.1 Å². The van der Waals surface area contributed by atoms with Crippen LogP contribution in [0.15, 0.2) is 51.5 Å². The topological polar surface area (TPSA) is 152 Å². The molecule has 2 heterocycles. The average Bonchev–Trinajstić information content (AvgIpc) is 3.47. The molecule has 0 radical (unpaired) electrons. The Morgan fingerprint density at radius 1 is 1.29 bits per heavy atom. The SMILES string of the molecule is CCOC(=O)c1cccc(-c2ccc(C=C(C#N)C(=O)Nc3nc(S(=O)(=O)CC(C)C)ns3)o2)c1. The molecule has 10 nitrogen and oxygen atoms in total. The predicted molar refractivity (Wildman–Crippen MR) is 129 cm³/mol. The minimum absolute atomic E-state index is 0.0469. The van der Waals surface area contributed by atoms with Gasteiger partial charge in [-0.25, -0.2) is 13.2 Å². The minimum Gasteiger partial charge on any atom is -0.462 e. The molecule has 1 N–H and O–H groups in total. The van der Waals surface area contributed by atoms with Crippen LogP contribution in [0.4, 0.5) is 5.13 Å². The summed E-state index contributed by atoms with van der Waals surface area (Å²) in [4.78, 5) is 28.4. The van der Waals surface area contributed by atoms with Crippen molar-refractivity contribution in [1.82, 2.24) is 9.36 Å². The summed E-state index contributed by atoms with van der Waals surface area (Å²) >= 11 is 0.704. The number of ether oxygens (including phenoxy) is 1. The van der Waals surface area contributed by atoms with Gasteiger partial charge in [-0.2, -0.15) is 14.6 Å². The van der Waals surface area contributed by atoms with Gasteiger partial charge in [0, 0.05) is 23.2 Å². The Morgan fingerprint density at radius 3 is 2.74 bits per heavy atom. The van der Waals surface area contributed by atoms with E-state index in [-0.39, 0.29) is 39.9 Å². The monoisotopic (exact) mass is 514 g/mol. The third kappa shape index (κ3) is 6.62. The van der Waals surface area contributed by atoms with Crippen molar-refractivity contribution in [1.29, 1.82) is 5.26 Å². The normalized spacial score (nSPS) is 11.8. The molecule has 0 unspecified atom stereocenters. The van der Waals surface area contributed by atoms with Crippen LogP contribution in [0, 0.1) is 17.2 Å². The number of nitrogens with zero attached hydrogens (tertiary/aromatic N) is 3. The molecule has 0 saturated carbocycles. The number of hydrogen-bond acceptors (Lipinski definition) is 10. The number of nitriles is 1. The van der Waals surface area contributed by atoms with Gasteiger partial charge in [-0.1, -0.05) is 26.0 Å². The first-order valence-corrected chi connectivity index (χ1v) is 12.9. The molecule has 35 heavy (non-hydrogen) atoms. The van der Waals surface area contributed by atoms with Gasteiger partial charge in [0.1, 0.15) is 23.2 Å². The summed E-state index contributed by atoms with van der Waals surface area (Å²) in [5.41, 5.74) is 0.692. The number of rotatable bonds is 9. The Balaban J connectivity index is 1.76. The highest BCUT2D eigenvalue weighted by Gasteiger charge is 2.23. The largest absolute Gasteiger partial charge is 0.462 e. The molecule has 0 bridgehead atoms. The summed E-state index contributed by atoms with van der Waals surface area (Å²) in [6, 6.07) is 11.7. The smallest absolute Gasteiger partial charge is 0.338 e. The fourth-order valence-corrected chi connectivity index (χ4v) is 5.31. The predicted octanol–water partition coefficient (Wildman–Crippen LogP) is 3.95. The number of sulfone groups is 1. The first-order valence-electron chi connectivity index (χ1n) is 10.5. The maximum atomic E-state index is 12.5. The molecule has 0 atom stereocenters. The van der Waals surface area contributed by atoms with E-state index in [1.54, 1.807) is 63.2 Å². The van der Waals surface area contributed by atoms with Crippen LogP contribution in [0.25, 0.3) is 17.4 Å². The second-order valence-corrected chi connectivity index (χ2v) is 10.4. The molecule has 0 saturated heterocycles. The van der Waals surface area contributed by atoms with E-state index in [2.05, 4.69) is 14.7 Å². The van der Waals surface area contributed by atoms with Gasteiger partial charge in [-0.3, -0.25) is 10.1 Å². The van der Waals surface area contributed by atoms with E-state index in [4.69, 9.17) is 9.15 Å². The highest BCUT2D eigenvalue weighted by Crippen LogP contribution is 2.25. The second-order valence-electron chi connectivity index (χ2n) is 7.68. The lowest BCUT2D eigenvalue weighted by atomic mass is 10.1. The van der Waals surface area contributed by atoms with Gasteiger partial charge >= 0.3 is 5.97 Å². The van der Waals surface area contributed by atoms with Crippen molar-refractivity contribution in [3.8, 4) is 17.4 Å². The summed E-state index contributed by atoms with van der Waals surface area (Å²) < 4.78 is 39.0. The molecule has 0 spiro atoms. The summed E-state index contributed by atoms with van der Waals surface area (Å²) in [7, 11) is -3.67. The molecule has 3 aromatic rings. The number of benzene rings is 1. The Labute approximate surface area is 206 Å². The molecule has 0 aliphatic heterocycles. The summed E-state index contributed by atoms with van der Waals surface area (Å²) in [5.74, 6) is -0.834. The maximum absolute atomic E-state index is 12.5. The zero-order valence-electron chi connectivity index (χ0n) is 19.1. The van der Waals surface area contributed by atoms with Crippen LogP contribution in [-0.4, -0.2) is 42.0 Å². The quantitative estimate of drug-likeness (QED) is 0.254. The van der Waals surface area contributed by atoms with Crippen molar-refractivity contribution in [2.45, 2.75) is 25.9 Å². The van der Waals surface area contributed by atoms with Gasteiger partial charge in [-0.05, 0) is 37.1 Å². The van der Waals surface area contributed by atoms with Crippen molar-refractivity contribution in [2.75, 3.05) is 17.7 Å². The zero-order valence-corrected chi connectivity index (χ0v) is 20.8. The van der Waals surface area contributed by atoms with Gasteiger partial charge in [-0.15, -0.1) is 0 Å². The minimum atomic E-state index is -3.67. The van der Waals surface area contributed by atoms with E-state index >= 15 is 0 Å². The summed E-state index contributed by atoms with van der Waals surface area (Å²) in [6.45, 7) is 5.49. The van der Waals surface area contributed by atoms with Crippen LogP contribution in [0.1, 0.15) is 36.9 Å². The van der Waals surface area contributed by atoms with E-state index in [0.717, 1.165) is 0 Å². The average molecular weight is 515 g/mol. The molecule has 12 heteroatoms. The third-order valence-electron chi connectivity index (χ3n) is 4.40. The molecule has 3 rings (SSSR count). The Morgan fingerprint density at radius 2 is 2.06 bits per heavy atom. The number of amides is 1. The molecule has 0 aliphatic carbocycles. The fourth-order valence-electron chi connectivity index (χ4n) is 2.96. The van der Waals surface area contributed by atoms with Crippen molar-refractivity contribution in [3.63, 3.8) is 0 Å². The number of furan rings is 1. The number of esters is 1. The molecule has 1 aromatic carbocycles. The standard InChI is InChI=1S/C23H22N4O6S2/c1-4-32-21(29)16-7-5-6-15(10-16)19-9-8-18(33-19)11-17(12-24)20(28)25-22-26-23(27-34-22)35(30,31)13-14(2)3/h5-11,14H,4,13H2,1-3H3,(H,25,26,27,28). The third-order valence-corrected chi connectivity index (χ3v) is 6.99. The van der Waals surface area contributed by atoms with Crippen LogP contribution < -0.4 is 5.32 Å². The molecule has 0 aliphatic rings. The molecule has 2 aromatic heterocycles. The highest BCUT2D eigenvalue weighted by atomic mass is 32.2. The van der Waals surface area contributed by atoms with Gasteiger partial charge in [0.2, 0.25) is 15.0 Å². The van der Waals surface area contributed by atoms with Crippen LogP contribution >= 0.6 is 11.5 Å². The number of nitrogens with one attached hydrogen (secondary N) is 1. The molecular formula is C23H22N4O6S2. The van der Waals surface area contributed by atoms with E-state index in [9.17, 15) is 23.3 Å². The van der Waals surface area contributed by atoms with Crippen molar-refractivity contribution in [3.05, 3.63) is 53.3 Å². The number of hydrogen-bond donors (Lipinski definition) is 1. The lowest BCUT2D eigenvalue weighted by molar-refractivity contribution is -0.112. The number of carbonyl (C=O) groups excluding carboxylic acids is 2. The maximum Gasteiger partial charge on any atom is 0.338 e. The molecule has 1 amide bonds. The van der Waals surface area contributed by atoms with Crippen LogP contribution in [0.2, 0.25) is 0 Å². The number of aromatic nitrogens is 2. The Bertz CT molecular complexity index is 1410. The highest BCUT2D eigenvalue weighted by molar-refractivity contribution is 7.91. The first kappa shape index (κ1) is 25.8. The lowest BCUT2D eigenvalue weighted by Gasteiger charge is -2.03. The van der Waals surface area contributed by atoms with Crippen LogP contribution in [0.3, 0.4) is 0 Å². The van der Waals surface area contributed by atoms with Crippen molar-refractivity contribution < 1.29 is 27.2 Å². The van der Waals surface area contributed by atoms with E-state index in [0.29, 0.717) is 28.4 Å². The Kier molecular flexibility index (Phi) is 8.16. The van der Waals surface area contributed by atoms with E-state index < -0.39 is 21.7 Å². The van der Waals surface area contributed by atoms with Gasteiger partial charge in [0.15, 0.2) is 0 Å². The summed E-state index contributed by atoms with van der Waals surface area (Å²) in [6.07, 6.45) is 1.24. The van der Waals surface area contributed by atoms with Crippen molar-refractivity contribution >= 4 is 44.5 Å². The zero-order chi connectivity index (χ0) is 25.6. The number of carbonyl (C=O) groups is 2. The molecule has 182 valence electrons. The second kappa shape index (κ2) is 11.1. The van der Waals surface area contributed by atoms with E-state index in [1.165, 1.54) is 6.08 Å². The van der Waals surface area contributed by atoms with E-state index in [1.807, 2.05) is 0 Å². The lowest BCUT2D eigenvalue weighted by Crippen LogP contribution is -2.15. The Hall–Kier alpha value is -3.82. The molecular weight excluding hydrogens is 492 g/mol. The van der Waals surface area contributed by atoms with Crippen molar-refractivity contribution in [2.24, 2.45) is 5.92 Å². The van der Waals surface area contributed by atoms with Crippen LogP contribution in [0.5, 0.6) is 0 Å². The van der Waals surface area contributed by atoms with Gasteiger partial charge in [0.05, 0.1) is 17.9 Å².